The Balaban J connectivity index is 0.000000159. The molecule has 6 aromatic heterocycles. The van der Waals surface area contributed by atoms with Crippen LogP contribution in [0.3, 0.4) is 0 Å². The summed E-state index contributed by atoms with van der Waals surface area (Å²) in [6, 6.07) is 12.4. The fourth-order valence-electron chi connectivity index (χ4n) is 10.0. The topological polar surface area (TPSA) is 192 Å². The fraction of sp³-hybridized carbons (Fsp3) is 0.527. The van der Waals surface area contributed by atoms with Crippen molar-refractivity contribution < 1.29 is 19.1 Å². The number of carbonyl (C=O) groups is 2. The summed E-state index contributed by atoms with van der Waals surface area (Å²) < 4.78 is 12.0. The number of halogens is 1. The molecule has 71 heavy (non-hydrogen) atoms. The number of aryl methyl sites for hydroxylation is 5. The van der Waals surface area contributed by atoms with Gasteiger partial charge in [0.2, 0.25) is 0 Å². The molecule has 380 valence electrons. The van der Waals surface area contributed by atoms with Crippen LogP contribution in [0, 0.1) is 11.8 Å². The molecule has 2 amide bonds. The van der Waals surface area contributed by atoms with E-state index in [1.807, 2.05) is 88.3 Å². The summed E-state index contributed by atoms with van der Waals surface area (Å²) in [6.07, 6.45) is 22.9. The first-order valence-electron chi connectivity index (χ1n) is 25.8. The number of nitrogens with one attached hydrogen (secondary N) is 4. The van der Waals surface area contributed by atoms with E-state index in [1.165, 1.54) is 71.0 Å². The Morgan fingerprint density at radius 2 is 1.23 bits per heavy atom. The van der Waals surface area contributed by atoms with Crippen LogP contribution < -0.4 is 16.4 Å². The van der Waals surface area contributed by atoms with Crippen molar-refractivity contribution in [1.29, 1.82) is 0 Å². The number of carbonyl (C=O) groups excluding carboxylic acids is 2. The lowest BCUT2D eigenvalue weighted by atomic mass is 9.91. The third-order valence-corrected chi connectivity index (χ3v) is 14.1. The molecule has 0 unspecified atom stereocenters. The molecule has 2 aliphatic heterocycles. The predicted molar refractivity (Wildman–Crippen MR) is 287 cm³/mol. The van der Waals surface area contributed by atoms with Gasteiger partial charge in [-0.3, -0.25) is 9.97 Å². The summed E-state index contributed by atoms with van der Waals surface area (Å²) in [5.41, 5.74) is 15.4. The molecule has 6 N–H and O–H groups in total. The summed E-state index contributed by atoms with van der Waals surface area (Å²) in [4.78, 5) is 52.6. The molecule has 0 saturated carbocycles. The Labute approximate surface area is 427 Å². The number of aromatic amines is 2. The molecule has 0 radical (unpaired) electrons. The van der Waals surface area contributed by atoms with E-state index in [9.17, 15) is 9.59 Å². The van der Waals surface area contributed by atoms with Crippen LogP contribution in [0.25, 0.3) is 22.1 Å². The second-order valence-corrected chi connectivity index (χ2v) is 22.6. The zero-order valence-electron chi connectivity index (χ0n) is 42.6. The van der Waals surface area contributed by atoms with Crippen molar-refractivity contribution in [3.63, 3.8) is 0 Å². The van der Waals surface area contributed by atoms with Crippen molar-refractivity contribution >= 4 is 73.2 Å². The van der Waals surface area contributed by atoms with Gasteiger partial charge in [-0.05, 0) is 212 Å². The average molecular weight is 1030 g/mol. The number of hydrogen-bond donors (Lipinski definition) is 5. The molecule has 8 heterocycles. The summed E-state index contributed by atoms with van der Waals surface area (Å²) in [6.45, 7) is 15.4. The predicted octanol–water partition coefficient (Wildman–Crippen LogP) is 12.1. The van der Waals surface area contributed by atoms with E-state index in [0.717, 1.165) is 123 Å². The highest BCUT2D eigenvalue weighted by Gasteiger charge is 2.28. The van der Waals surface area contributed by atoms with Crippen molar-refractivity contribution in [3.8, 4) is 0 Å². The Morgan fingerprint density at radius 3 is 1.82 bits per heavy atom. The minimum atomic E-state index is -0.455. The monoisotopic (exact) mass is 1030 g/mol. The lowest BCUT2D eigenvalue weighted by Crippen LogP contribution is -2.42. The molecule has 0 bridgehead atoms. The number of aromatic nitrogens is 6. The number of hydrogen-bond acceptors (Lipinski definition) is 11. The van der Waals surface area contributed by atoms with E-state index in [4.69, 9.17) is 20.2 Å². The summed E-state index contributed by atoms with van der Waals surface area (Å²) >= 11 is 3.46. The number of nitrogens with zero attached hydrogens (tertiary/aromatic N) is 6. The third-order valence-electron chi connectivity index (χ3n) is 13.7. The Kier molecular flexibility index (Phi) is 16.7. The summed E-state index contributed by atoms with van der Waals surface area (Å²) in [5, 5.41) is 9.43. The number of pyridine rings is 4. The van der Waals surface area contributed by atoms with Crippen LogP contribution in [0.2, 0.25) is 0 Å². The van der Waals surface area contributed by atoms with Gasteiger partial charge in [0.05, 0.1) is 23.8 Å². The lowest BCUT2D eigenvalue weighted by molar-refractivity contribution is 0.0174. The van der Waals surface area contributed by atoms with Crippen molar-refractivity contribution in [2.24, 2.45) is 11.8 Å². The molecule has 2 fully saturated rings. The highest BCUT2D eigenvalue weighted by Crippen LogP contribution is 2.31. The first-order chi connectivity index (χ1) is 34.0. The van der Waals surface area contributed by atoms with Crippen LogP contribution in [-0.4, -0.2) is 95.8 Å². The highest BCUT2D eigenvalue weighted by atomic mass is 79.9. The van der Waals surface area contributed by atoms with Crippen molar-refractivity contribution in [2.75, 3.05) is 49.1 Å². The maximum atomic E-state index is 12.3. The van der Waals surface area contributed by atoms with Crippen LogP contribution >= 0.6 is 15.9 Å². The molecule has 0 spiro atoms. The van der Waals surface area contributed by atoms with Gasteiger partial charge in [-0.2, -0.15) is 0 Å². The molecule has 2 saturated heterocycles. The number of rotatable bonds is 8. The number of H-pyrrole nitrogens is 2. The fourth-order valence-corrected chi connectivity index (χ4v) is 10.4. The second kappa shape index (κ2) is 23.1. The van der Waals surface area contributed by atoms with Crippen LogP contribution in [0.4, 0.5) is 32.6 Å². The number of nitrogens with two attached hydrogens (primary N) is 1. The molecule has 2 aliphatic carbocycles. The second-order valence-electron chi connectivity index (χ2n) is 21.6. The SMILES string of the molecule is CC(C)(C)OC(=O)N1CCC(CCc2cncc(Br)c2)CC1.CC(C)(C)OC(=O)N1CCC(CNc2cncc(Nc3ccc4c5c([nH]c4n3)CCCC5)c2)CC1.Nc1ccc2c3c([nH]c2n1)CCCC3. The highest BCUT2D eigenvalue weighted by molar-refractivity contribution is 9.10. The number of nitrogen functional groups attached to an aromatic ring is 1. The first-order valence-corrected chi connectivity index (χ1v) is 26.6. The minimum absolute atomic E-state index is 0.179. The third kappa shape index (κ3) is 14.6. The quantitative estimate of drug-likeness (QED) is 0.0974. The summed E-state index contributed by atoms with van der Waals surface area (Å²) in [5.74, 6) is 2.59. The van der Waals surface area contributed by atoms with Crippen LogP contribution in [0.5, 0.6) is 0 Å². The zero-order valence-corrected chi connectivity index (χ0v) is 44.2. The van der Waals surface area contributed by atoms with Crippen molar-refractivity contribution in [1.82, 2.24) is 39.7 Å². The van der Waals surface area contributed by atoms with Gasteiger partial charge in [0.15, 0.2) is 0 Å². The van der Waals surface area contributed by atoms with E-state index >= 15 is 0 Å². The molecule has 10 rings (SSSR count). The number of likely N-dealkylation sites (tertiary alicyclic amines) is 2. The van der Waals surface area contributed by atoms with Crippen LogP contribution in [0.15, 0.2) is 65.7 Å². The Morgan fingerprint density at radius 1 is 0.690 bits per heavy atom. The number of piperidine rings is 2. The Hall–Kier alpha value is -5.90. The van der Waals surface area contributed by atoms with Gasteiger partial charge in [-0.25, -0.2) is 19.6 Å². The van der Waals surface area contributed by atoms with Gasteiger partial charge in [-0.1, -0.05) is 0 Å². The van der Waals surface area contributed by atoms with E-state index < -0.39 is 11.2 Å². The standard InChI is InChI=1S/C27H36N6O2.C17H25BrN2O2.C11H13N3/c1-27(2,3)35-26(34)33-12-10-18(11-13-33)15-29-19-14-20(17-28-16-19)30-24-9-8-22-21-6-4-5-7-23(21)31-25(22)32-24;1-17(2,3)22-16(21)20-8-6-13(7-9-20)4-5-14-10-15(18)12-19-11-14;12-10-6-5-8-7-3-1-2-4-9(7)13-11(8)14-10/h8-9,14,16-18,29H,4-7,10-13,15H2,1-3H3,(H2,30,31,32);10-13H,4-9H2,1-3H3;5-6H,1-4H2,(H3,12,13,14). The molecule has 16 heteroatoms. The number of fused-ring (bicyclic) bond motifs is 6. The van der Waals surface area contributed by atoms with Crippen molar-refractivity contribution in [3.05, 3.63) is 93.7 Å². The smallest absolute Gasteiger partial charge is 0.410 e. The van der Waals surface area contributed by atoms with Crippen LogP contribution in [0.1, 0.15) is 127 Å². The molecular formula is C55H74BrN11O4. The van der Waals surface area contributed by atoms with E-state index in [1.54, 1.807) is 0 Å². The van der Waals surface area contributed by atoms with Gasteiger partial charge in [0.25, 0.3) is 0 Å². The Bertz CT molecular complexity index is 2740. The average Bonchev–Trinajstić information content (AvgIpc) is 3.90. The van der Waals surface area contributed by atoms with E-state index in [2.05, 4.69) is 75.7 Å². The van der Waals surface area contributed by atoms with E-state index in [-0.39, 0.29) is 12.2 Å². The number of amides is 2. The van der Waals surface area contributed by atoms with Gasteiger partial charge >= 0.3 is 12.2 Å². The zero-order chi connectivity index (χ0) is 50.1. The van der Waals surface area contributed by atoms with Gasteiger partial charge in [0, 0.05) is 71.8 Å². The van der Waals surface area contributed by atoms with Crippen LogP contribution in [-0.2, 0) is 41.6 Å². The number of anilines is 4. The molecule has 0 aromatic carbocycles. The van der Waals surface area contributed by atoms with Crippen molar-refractivity contribution in [2.45, 2.75) is 143 Å². The van der Waals surface area contributed by atoms with Gasteiger partial charge in [-0.15, -0.1) is 0 Å². The number of ether oxygens (including phenoxy) is 2. The van der Waals surface area contributed by atoms with E-state index in [0.29, 0.717) is 17.7 Å². The molecule has 6 aromatic rings. The normalized spacial score (nSPS) is 16.5. The maximum absolute atomic E-state index is 12.3. The molecule has 15 nitrogen and oxygen atoms in total. The first kappa shape index (κ1) is 51.5. The largest absolute Gasteiger partial charge is 0.444 e. The maximum Gasteiger partial charge on any atom is 0.410 e. The minimum Gasteiger partial charge on any atom is -0.444 e. The summed E-state index contributed by atoms with van der Waals surface area (Å²) in [7, 11) is 0. The molecule has 4 aliphatic rings. The molecular weight excluding hydrogens is 959 g/mol. The van der Waals surface area contributed by atoms with Gasteiger partial charge < -0.3 is 45.6 Å². The molecule has 0 atom stereocenters. The van der Waals surface area contributed by atoms with Gasteiger partial charge in [0.1, 0.15) is 34.1 Å². The lowest BCUT2D eigenvalue weighted by Gasteiger charge is -2.33.